The molecule has 92 valence electrons. The van der Waals surface area contributed by atoms with Gasteiger partial charge in [0, 0.05) is 5.69 Å². The minimum atomic E-state index is -0.108. The van der Waals surface area contributed by atoms with Gasteiger partial charge in [0.25, 0.3) is 0 Å². The zero-order valence-corrected chi connectivity index (χ0v) is 10.2. The summed E-state index contributed by atoms with van der Waals surface area (Å²) in [6, 6.07) is 4.83. The number of nitrogens with one attached hydrogen (secondary N) is 2. The van der Waals surface area contributed by atoms with Crippen molar-refractivity contribution in [3.8, 4) is 5.75 Å². The Hall–Kier alpha value is -1.55. The van der Waals surface area contributed by atoms with Gasteiger partial charge in [0.15, 0.2) is 0 Å². The van der Waals surface area contributed by atoms with Crippen LogP contribution in [0.5, 0.6) is 5.75 Å². The highest BCUT2D eigenvalue weighted by Gasteiger charge is 2.29. The number of rotatable bonds is 2. The molecule has 4 heteroatoms. The van der Waals surface area contributed by atoms with Crippen LogP contribution in [0.25, 0.3) is 0 Å². The molecule has 1 aromatic rings. The summed E-state index contributed by atoms with van der Waals surface area (Å²) in [4.78, 5) is 12.0. The van der Waals surface area contributed by atoms with Crippen LogP contribution in [0.2, 0.25) is 0 Å². The first-order valence-electron chi connectivity index (χ1n) is 5.92. The van der Waals surface area contributed by atoms with E-state index in [1.807, 2.05) is 6.92 Å². The molecule has 1 heterocycles. The van der Waals surface area contributed by atoms with Gasteiger partial charge in [-0.05, 0) is 49.6 Å². The molecule has 1 aliphatic heterocycles. The van der Waals surface area contributed by atoms with Crippen molar-refractivity contribution >= 4 is 11.6 Å². The van der Waals surface area contributed by atoms with Crippen molar-refractivity contribution in [2.75, 3.05) is 11.9 Å². The number of aryl methyl sites for hydroxylation is 1. The van der Waals surface area contributed by atoms with E-state index in [0.717, 1.165) is 24.2 Å². The van der Waals surface area contributed by atoms with Crippen LogP contribution >= 0.6 is 0 Å². The lowest BCUT2D eigenvalue weighted by molar-refractivity contribution is -0.118. The zero-order chi connectivity index (χ0) is 12.4. The molecule has 0 bridgehead atoms. The highest BCUT2D eigenvalue weighted by molar-refractivity contribution is 5.95. The molecule has 2 unspecified atom stereocenters. The largest absolute Gasteiger partial charge is 0.508 e. The molecule has 1 saturated heterocycles. The molecule has 2 atom stereocenters. The molecular weight excluding hydrogens is 216 g/mol. The summed E-state index contributed by atoms with van der Waals surface area (Å²) in [5.74, 6) is 0.587. The minimum absolute atomic E-state index is 0.00351. The fourth-order valence-corrected chi connectivity index (χ4v) is 2.18. The molecule has 2 rings (SSSR count). The third kappa shape index (κ3) is 2.58. The summed E-state index contributed by atoms with van der Waals surface area (Å²) < 4.78 is 0. The van der Waals surface area contributed by atoms with Crippen molar-refractivity contribution in [1.29, 1.82) is 0 Å². The van der Waals surface area contributed by atoms with E-state index >= 15 is 0 Å². The van der Waals surface area contributed by atoms with Crippen LogP contribution in [-0.4, -0.2) is 23.6 Å². The third-order valence-corrected chi connectivity index (χ3v) is 3.28. The lowest BCUT2D eigenvalue weighted by Gasteiger charge is -2.16. The van der Waals surface area contributed by atoms with Gasteiger partial charge in [-0.1, -0.05) is 6.92 Å². The van der Waals surface area contributed by atoms with Crippen molar-refractivity contribution in [3.63, 3.8) is 0 Å². The number of carbonyl (C=O) groups excluding carboxylic acids is 1. The first kappa shape index (κ1) is 11.9. The second-order valence-corrected chi connectivity index (χ2v) is 4.69. The van der Waals surface area contributed by atoms with E-state index in [9.17, 15) is 9.90 Å². The molecule has 1 aromatic carbocycles. The Labute approximate surface area is 101 Å². The smallest absolute Gasteiger partial charge is 0.241 e. The van der Waals surface area contributed by atoms with Crippen molar-refractivity contribution in [2.24, 2.45) is 5.92 Å². The third-order valence-electron chi connectivity index (χ3n) is 3.28. The zero-order valence-electron chi connectivity index (χ0n) is 10.2. The second kappa shape index (κ2) is 4.75. The molecule has 3 N–H and O–H groups in total. The molecule has 1 amide bonds. The van der Waals surface area contributed by atoms with Gasteiger partial charge in [-0.15, -0.1) is 0 Å². The normalized spacial score (nSPS) is 23.6. The Morgan fingerprint density at radius 2 is 2.29 bits per heavy atom. The summed E-state index contributed by atoms with van der Waals surface area (Å²) in [6.45, 7) is 4.84. The van der Waals surface area contributed by atoms with Crippen LogP contribution in [0.3, 0.4) is 0 Å². The van der Waals surface area contributed by atoms with Crippen molar-refractivity contribution in [2.45, 2.75) is 26.3 Å². The van der Waals surface area contributed by atoms with Gasteiger partial charge in [-0.25, -0.2) is 0 Å². The number of carbonyl (C=O) groups is 1. The number of hydrogen-bond acceptors (Lipinski definition) is 3. The van der Waals surface area contributed by atoms with Crippen molar-refractivity contribution in [3.05, 3.63) is 23.8 Å². The second-order valence-electron chi connectivity index (χ2n) is 4.69. The van der Waals surface area contributed by atoms with Crippen LogP contribution in [0.15, 0.2) is 18.2 Å². The quantitative estimate of drug-likeness (QED) is 0.682. The molecule has 17 heavy (non-hydrogen) atoms. The number of phenols is 1. The predicted octanol–water partition coefficient (Wildman–Crippen LogP) is 1.64. The molecule has 0 aromatic heterocycles. The average Bonchev–Trinajstić information content (AvgIpc) is 2.68. The van der Waals surface area contributed by atoms with Gasteiger partial charge < -0.3 is 15.7 Å². The summed E-state index contributed by atoms with van der Waals surface area (Å²) in [7, 11) is 0. The molecule has 0 saturated carbocycles. The molecule has 1 aliphatic rings. The van der Waals surface area contributed by atoms with Gasteiger partial charge in [0.05, 0.1) is 6.04 Å². The molecule has 1 fully saturated rings. The van der Waals surface area contributed by atoms with E-state index in [1.165, 1.54) is 0 Å². The monoisotopic (exact) mass is 234 g/mol. The van der Waals surface area contributed by atoms with E-state index in [4.69, 9.17) is 0 Å². The van der Waals surface area contributed by atoms with Gasteiger partial charge in [0.1, 0.15) is 5.75 Å². The minimum Gasteiger partial charge on any atom is -0.508 e. The average molecular weight is 234 g/mol. The molecular formula is C13H18N2O2. The molecule has 0 spiro atoms. The van der Waals surface area contributed by atoms with Crippen molar-refractivity contribution < 1.29 is 9.90 Å². The van der Waals surface area contributed by atoms with Gasteiger partial charge >= 0.3 is 0 Å². The van der Waals surface area contributed by atoms with Crippen LogP contribution in [0.1, 0.15) is 18.9 Å². The summed E-state index contributed by atoms with van der Waals surface area (Å²) >= 11 is 0. The van der Waals surface area contributed by atoms with Crippen LogP contribution in [0.4, 0.5) is 5.69 Å². The Morgan fingerprint density at radius 1 is 1.53 bits per heavy atom. The first-order valence-corrected chi connectivity index (χ1v) is 5.92. The van der Waals surface area contributed by atoms with Gasteiger partial charge in [-0.3, -0.25) is 4.79 Å². The number of anilines is 1. The Balaban J connectivity index is 2.07. The van der Waals surface area contributed by atoms with Gasteiger partial charge in [-0.2, -0.15) is 0 Å². The maximum atomic E-state index is 12.0. The van der Waals surface area contributed by atoms with Gasteiger partial charge in [0.2, 0.25) is 5.91 Å². The maximum absolute atomic E-state index is 12.0. The fourth-order valence-electron chi connectivity index (χ4n) is 2.18. The number of phenolic OH excluding ortho intramolecular Hbond substituents is 1. The van der Waals surface area contributed by atoms with E-state index < -0.39 is 0 Å². The van der Waals surface area contributed by atoms with Crippen LogP contribution in [-0.2, 0) is 4.79 Å². The lowest BCUT2D eigenvalue weighted by atomic mass is 10.0. The number of aromatic hydroxyl groups is 1. The number of benzene rings is 1. The highest BCUT2D eigenvalue weighted by atomic mass is 16.3. The van der Waals surface area contributed by atoms with Crippen molar-refractivity contribution in [1.82, 2.24) is 5.32 Å². The summed E-state index contributed by atoms with van der Waals surface area (Å²) in [6.07, 6.45) is 1.03. The first-order chi connectivity index (χ1) is 8.08. The number of amides is 1. The van der Waals surface area contributed by atoms with Crippen LogP contribution in [0, 0.1) is 12.8 Å². The SMILES string of the molecule is Cc1cc(O)ccc1NC(=O)C1NCCC1C. The van der Waals surface area contributed by atoms with E-state index in [-0.39, 0.29) is 17.7 Å². The van der Waals surface area contributed by atoms with E-state index in [0.29, 0.717) is 5.92 Å². The van der Waals surface area contributed by atoms with Crippen LogP contribution < -0.4 is 10.6 Å². The Morgan fingerprint density at radius 3 is 2.88 bits per heavy atom. The van der Waals surface area contributed by atoms with E-state index in [2.05, 4.69) is 17.6 Å². The molecule has 0 radical (unpaired) electrons. The summed E-state index contributed by atoms with van der Waals surface area (Å²) in [5, 5.41) is 15.4. The fraction of sp³-hybridized carbons (Fsp3) is 0.462. The highest BCUT2D eigenvalue weighted by Crippen LogP contribution is 2.22. The van der Waals surface area contributed by atoms with E-state index in [1.54, 1.807) is 18.2 Å². The lowest BCUT2D eigenvalue weighted by Crippen LogP contribution is -2.39. The molecule has 4 nitrogen and oxygen atoms in total. The Bertz CT molecular complexity index is 431. The predicted molar refractivity (Wildman–Crippen MR) is 67.0 cm³/mol. The number of hydrogen-bond donors (Lipinski definition) is 3. The summed E-state index contributed by atoms with van der Waals surface area (Å²) in [5.41, 5.74) is 1.62. The standard InChI is InChI=1S/C13H18N2O2/c1-8-5-6-14-12(8)13(17)15-11-4-3-10(16)7-9(11)2/h3-4,7-8,12,14,16H,5-6H2,1-2H3,(H,15,17). The Kier molecular flexibility index (Phi) is 3.33. The maximum Gasteiger partial charge on any atom is 0.241 e. The topological polar surface area (TPSA) is 61.4 Å². The molecule has 0 aliphatic carbocycles.